The lowest BCUT2D eigenvalue weighted by molar-refractivity contribution is -0.116. The van der Waals surface area contributed by atoms with Gasteiger partial charge in [0.1, 0.15) is 25.3 Å². The number of nitrogens with one attached hydrogen (secondary N) is 3. The summed E-state index contributed by atoms with van der Waals surface area (Å²) in [5.41, 5.74) is 0.787. The van der Waals surface area contributed by atoms with Crippen LogP contribution in [0.2, 0.25) is 0 Å². The summed E-state index contributed by atoms with van der Waals surface area (Å²) < 4.78 is 40.2. The zero-order chi connectivity index (χ0) is 30.1. The molecule has 0 aliphatic rings. The van der Waals surface area contributed by atoms with Crippen molar-refractivity contribution >= 4 is 34.0 Å². The smallest absolute Gasteiger partial charge is 0.246 e. The van der Waals surface area contributed by atoms with E-state index >= 15 is 0 Å². The minimum atomic E-state index is -1.13. The maximum atomic E-state index is 13.9. The molecule has 0 atom stereocenters. The number of nitrogens with zero attached hydrogens (tertiary/aromatic N) is 4. The highest BCUT2D eigenvalue weighted by Crippen LogP contribution is 2.34. The van der Waals surface area contributed by atoms with E-state index in [1.807, 2.05) is 0 Å². The monoisotopic (exact) mass is 583 g/mol. The number of halogens is 2. The third-order valence-corrected chi connectivity index (χ3v) is 7.22. The standard InChI is InChI=1S/C29H35F2N7O4/c1-4-29(5-2,17-39)16-32-9-10-42-25-12-23-20(11-24(25)41-3)28(34-18-33-23)36-19-13-35-38(14-19)15-26(40)37-22-8-6-7-21(30)27(22)31/h6-8,11-14,18,32,39H,4-5,9-10,15-17H2,1-3H3,(H,37,40)(H,33,34,36). The van der Waals surface area contributed by atoms with Crippen molar-refractivity contribution in [1.82, 2.24) is 25.1 Å². The summed E-state index contributed by atoms with van der Waals surface area (Å²) in [6, 6.07) is 7.10. The van der Waals surface area contributed by atoms with Gasteiger partial charge in [0.15, 0.2) is 23.1 Å². The molecule has 0 fully saturated rings. The van der Waals surface area contributed by atoms with Gasteiger partial charge in [-0.2, -0.15) is 5.10 Å². The summed E-state index contributed by atoms with van der Waals surface area (Å²) in [5.74, 6) is -1.23. The zero-order valence-corrected chi connectivity index (χ0v) is 23.8. The zero-order valence-electron chi connectivity index (χ0n) is 23.8. The van der Waals surface area contributed by atoms with E-state index in [1.54, 1.807) is 25.4 Å². The molecule has 0 unspecified atom stereocenters. The van der Waals surface area contributed by atoms with Crippen LogP contribution < -0.4 is 25.4 Å². The molecule has 2 heterocycles. The molecule has 4 aromatic rings. The molecule has 1 amide bonds. The number of amides is 1. The van der Waals surface area contributed by atoms with E-state index in [-0.39, 0.29) is 24.3 Å². The molecule has 224 valence electrons. The van der Waals surface area contributed by atoms with Crippen molar-refractivity contribution in [3.63, 3.8) is 0 Å². The number of carbonyl (C=O) groups is 1. The fraction of sp³-hybridized carbons (Fsp3) is 0.379. The number of aliphatic hydroxyl groups is 1. The quantitative estimate of drug-likeness (QED) is 0.151. The Bertz CT molecular complexity index is 1500. The molecule has 11 nitrogen and oxygen atoms in total. The van der Waals surface area contributed by atoms with Crippen LogP contribution in [0.1, 0.15) is 26.7 Å². The Morgan fingerprint density at radius 1 is 1.14 bits per heavy atom. The van der Waals surface area contributed by atoms with E-state index in [2.05, 4.69) is 44.9 Å². The molecule has 0 bridgehead atoms. The highest BCUT2D eigenvalue weighted by Gasteiger charge is 2.24. The van der Waals surface area contributed by atoms with Gasteiger partial charge < -0.3 is 30.5 Å². The molecule has 0 aliphatic carbocycles. The maximum absolute atomic E-state index is 13.9. The number of ether oxygens (including phenoxy) is 2. The van der Waals surface area contributed by atoms with Crippen molar-refractivity contribution in [2.75, 3.05) is 44.0 Å². The van der Waals surface area contributed by atoms with Gasteiger partial charge in [-0.15, -0.1) is 0 Å². The van der Waals surface area contributed by atoms with Crippen molar-refractivity contribution in [3.8, 4) is 11.5 Å². The summed E-state index contributed by atoms with van der Waals surface area (Å²) >= 11 is 0. The van der Waals surface area contributed by atoms with Gasteiger partial charge in [-0.25, -0.2) is 18.7 Å². The first-order valence-corrected chi connectivity index (χ1v) is 13.6. The molecule has 0 aliphatic heterocycles. The molecule has 4 N–H and O–H groups in total. The predicted octanol–water partition coefficient (Wildman–Crippen LogP) is 4.26. The fourth-order valence-corrected chi connectivity index (χ4v) is 4.39. The first kappa shape index (κ1) is 30.6. The maximum Gasteiger partial charge on any atom is 0.246 e. The van der Waals surface area contributed by atoms with Crippen molar-refractivity contribution in [2.24, 2.45) is 5.41 Å². The third-order valence-electron chi connectivity index (χ3n) is 7.22. The Hall–Kier alpha value is -4.36. The molecule has 4 rings (SSSR count). The molecule has 0 spiro atoms. The molecule has 2 aromatic carbocycles. The lowest BCUT2D eigenvalue weighted by atomic mass is 9.83. The van der Waals surface area contributed by atoms with Gasteiger partial charge in [0.2, 0.25) is 5.91 Å². The van der Waals surface area contributed by atoms with Crippen molar-refractivity contribution in [2.45, 2.75) is 33.2 Å². The Morgan fingerprint density at radius 3 is 2.69 bits per heavy atom. The number of carbonyl (C=O) groups excluding carboxylic acids is 1. The number of methoxy groups -OCH3 is 1. The highest BCUT2D eigenvalue weighted by molar-refractivity contribution is 5.93. The second-order valence-electron chi connectivity index (χ2n) is 9.83. The summed E-state index contributed by atoms with van der Waals surface area (Å²) in [6.07, 6.45) is 6.28. The Morgan fingerprint density at radius 2 is 1.95 bits per heavy atom. The van der Waals surface area contributed by atoms with Crippen molar-refractivity contribution in [1.29, 1.82) is 0 Å². The van der Waals surface area contributed by atoms with Gasteiger partial charge >= 0.3 is 0 Å². The van der Waals surface area contributed by atoms with Crippen LogP contribution in [0.3, 0.4) is 0 Å². The van der Waals surface area contributed by atoms with Crippen LogP contribution >= 0.6 is 0 Å². The Balaban J connectivity index is 1.39. The highest BCUT2D eigenvalue weighted by atomic mass is 19.2. The van der Waals surface area contributed by atoms with Crippen LogP contribution in [0.5, 0.6) is 11.5 Å². The number of fused-ring (bicyclic) bond motifs is 1. The van der Waals surface area contributed by atoms with E-state index in [4.69, 9.17) is 9.47 Å². The van der Waals surface area contributed by atoms with Gasteiger partial charge in [0.25, 0.3) is 0 Å². The summed E-state index contributed by atoms with van der Waals surface area (Å²) in [5, 5.41) is 23.5. The van der Waals surface area contributed by atoms with Crippen LogP contribution in [-0.4, -0.2) is 64.2 Å². The topological polar surface area (TPSA) is 135 Å². The number of aromatic nitrogens is 4. The van der Waals surface area contributed by atoms with Crippen LogP contribution in [0.15, 0.2) is 49.1 Å². The molecular weight excluding hydrogens is 548 g/mol. The first-order chi connectivity index (χ1) is 20.3. The minimum absolute atomic E-state index is 0.133. The van der Waals surface area contributed by atoms with Crippen LogP contribution in [0.4, 0.5) is 26.0 Å². The number of benzene rings is 2. The summed E-state index contributed by atoms with van der Waals surface area (Å²) in [4.78, 5) is 21.1. The predicted molar refractivity (Wildman–Crippen MR) is 155 cm³/mol. The normalized spacial score (nSPS) is 11.5. The van der Waals surface area contributed by atoms with E-state index in [9.17, 15) is 18.7 Å². The molecule has 42 heavy (non-hydrogen) atoms. The second-order valence-corrected chi connectivity index (χ2v) is 9.83. The van der Waals surface area contributed by atoms with E-state index in [0.29, 0.717) is 53.6 Å². The fourth-order valence-electron chi connectivity index (χ4n) is 4.39. The molecule has 2 aromatic heterocycles. The average Bonchev–Trinajstić information content (AvgIpc) is 3.43. The third kappa shape index (κ3) is 7.28. The number of aliphatic hydroxyl groups excluding tert-OH is 1. The SMILES string of the molecule is CCC(CC)(CO)CNCCOc1cc2ncnc(Nc3cnn(CC(=O)Nc4cccc(F)c4F)c3)c2cc1OC. The first-order valence-electron chi connectivity index (χ1n) is 13.6. The van der Waals surface area contributed by atoms with Crippen LogP contribution in [0.25, 0.3) is 10.9 Å². The van der Waals surface area contributed by atoms with Crippen LogP contribution in [-0.2, 0) is 11.3 Å². The van der Waals surface area contributed by atoms with Crippen LogP contribution in [0, 0.1) is 17.0 Å². The van der Waals surface area contributed by atoms with Gasteiger partial charge in [0.05, 0.1) is 30.2 Å². The number of hydrogen-bond donors (Lipinski definition) is 4. The molecule has 0 saturated carbocycles. The van der Waals surface area contributed by atoms with E-state index in [0.717, 1.165) is 18.9 Å². The molecule has 13 heteroatoms. The van der Waals surface area contributed by atoms with Gasteiger partial charge in [-0.05, 0) is 31.0 Å². The number of rotatable bonds is 15. The summed E-state index contributed by atoms with van der Waals surface area (Å²) in [7, 11) is 1.55. The number of anilines is 3. The van der Waals surface area contributed by atoms with E-state index in [1.165, 1.54) is 29.3 Å². The van der Waals surface area contributed by atoms with E-state index < -0.39 is 17.5 Å². The lowest BCUT2D eigenvalue weighted by Crippen LogP contribution is -2.38. The average molecular weight is 584 g/mol. The minimum Gasteiger partial charge on any atom is -0.493 e. The molecule has 0 saturated heterocycles. The lowest BCUT2D eigenvalue weighted by Gasteiger charge is -2.29. The Kier molecular flexibility index (Phi) is 10.2. The Labute approximate surface area is 242 Å². The van der Waals surface area contributed by atoms with Crippen molar-refractivity contribution < 1.29 is 28.2 Å². The second kappa shape index (κ2) is 14.0. The largest absolute Gasteiger partial charge is 0.493 e. The number of hydrogen-bond acceptors (Lipinski definition) is 9. The van der Waals surface area contributed by atoms with Gasteiger partial charge in [-0.3, -0.25) is 9.48 Å². The summed E-state index contributed by atoms with van der Waals surface area (Å²) in [6.45, 7) is 5.76. The van der Waals surface area contributed by atoms with Gasteiger partial charge in [-0.1, -0.05) is 19.9 Å². The molecular formula is C29H35F2N7O4. The van der Waals surface area contributed by atoms with Gasteiger partial charge in [0, 0.05) is 42.8 Å². The molecule has 0 radical (unpaired) electrons. The van der Waals surface area contributed by atoms with Crippen molar-refractivity contribution in [3.05, 3.63) is 60.7 Å².